The van der Waals surface area contributed by atoms with Gasteiger partial charge >= 0.3 is 0 Å². The standard InChI is InChI=1S/C26H23NO6/c1-16-9-12-21-19(13-16)24(29)26(25(33-21)17-7-5-4-6-8-17)32-15-23(28)27-20-11-10-18(30-2)14-22(20)31-3/h4-14H,15H2,1-3H3,(H,27,28). The number of rotatable bonds is 7. The van der Waals surface area contributed by atoms with Gasteiger partial charge in [-0.1, -0.05) is 42.0 Å². The number of carbonyl (C=O) groups is 1. The summed E-state index contributed by atoms with van der Waals surface area (Å²) >= 11 is 0. The van der Waals surface area contributed by atoms with Gasteiger partial charge in [-0.15, -0.1) is 0 Å². The maximum absolute atomic E-state index is 13.3. The van der Waals surface area contributed by atoms with E-state index < -0.39 is 12.5 Å². The third kappa shape index (κ3) is 4.67. The molecule has 0 spiro atoms. The molecule has 3 aromatic carbocycles. The van der Waals surface area contributed by atoms with E-state index >= 15 is 0 Å². The summed E-state index contributed by atoms with van der Waals surface area (Å²) in [6.45, 7) is 1.50. The highest BCUT2D eigenvalue weighted by Gasteiger charge is 2.19. The minimum Gasteiger partial charge on any atom is -0.497 e. The second-order valence-corrected chi connectivity index (χ2v) is 7.36. The van der Waals surface area contributed by atoms with Crippen LogP contribution in [0.3, 0.4) is 0 Å². The third-order valence-electron chi connectivity index (χ3n) is 5.07. The Labute approximate surface area is 190 Å². The zero-order valence-corrected chi connectivity index (χ0v) is 18.5. The Balaban J connectivity index is 1.65. The quantitative estimate of drug-likeness (QED) is 0.440. The van der Waals surface area contributed by atoms with Gasteiger partial charge < -0.3 is 23.9 Å². The van der Waals surface area contributed by atoms with Crippen LogP contribution in [0.25, 0.3) is 22.3 Å². The molecule has 1 heterocycles. The number of nitrogens with one attached hydrogen (secondary N) is 1. The van der Waals surface area contributed by atoms with E-state index in [-0.39, 0.29) is 16.9 Å². The summed E-state index contributed by atoms with van der Waals surface area (Å²) in [5.41, 5.74) is 2.15. The van der Waals surface area contributed by atoms with Gasteiger partial charge in [0.2, 0.25) is 11.2 Å². The number of hydrogen-bond acceptors (Lipinski definition) is 6. The molecular formula is C26H23NO6. The highest BCUT2D eigenvalue weighted by molar-refractivity contribution is 5.93. The molecule has 7 heteroatoms. The lowest BCUT2D eigenvalue weighted by Gasteiger charge is -2.14. The Morgan fingerprint density at radius 3 is 2.48 bits per heavy atom. The Bertz CT molecular complexity index is 1360. The topological polar surface area (TPSA) is 87.0 Å². The van der Waals surface area contributed by atoms with Crippen LogP contribution in [-0.2, 0) is 4.79 Å². The van der Waals surface area contributed by atoms with Gasteiger partial charge in [-0.3, -0.25) is 9.59 Å². The van der Waals surface area contributed by atoms with Gasteiger partial charge in [0.1, 0.15) is 17.1 Å². The van der Waals surface area contributed by atoms with Gasteiger partial charge in [0.05, 0.1) is 25.3 Å². The van der Waals surface area contributed by atoms with Crippen LogP contribution in [0.5, 0.6) is 17.2 Å². The summed E-state index contributed by atoms with van der Waals surface area (Å²) in [4.78, 5) is 25.9. The molecule has 0 fully saturated rings. The van der Waals surface area contributed by atoms with E-state index in [9.17, 15) is 9.59 Å². The Morgan fingerprint density at radius 1 is 0.970 bits per heavy atom. The predicted octanol–water partition coefficient (Wildman–Crippen LogP) is 4.80. The number of anilines is 1. The monoisotopic (exact) mass is 445 g/mol. The fourth-order valence-electron chi connectivity index (χ4n) is 3.43. The average Bonchev–Trinajstić information content (AvgIpc) is 2.84. The van der Waals surface area contributed by atoms with E-state index in [0.717, 1.165) is 5.56 Å². The largest absolute Gasteiger partial charge is 0.497 e. The number of fused-ring (bicyclic) bond motifs is 1. The van der Waals surface area contributed by atoms with E-state index in [2.05, 4.69) is 5.32 Å². The molecular weight excluding hydrogens is 422 g/mol. The number of hydrogen-bond donors (Lipinski definition) is 1. The minimum atomic E-state index is -0.457. The fraction of sp³-hybridized carbons (Fsp3) is 0.154. The van der Waals surface area contributed by atoms with Crippen molar-refractivity contribution in [2.75, 3.05) is 26.1 Å². The van der Waals surface area contributed by atoms with Crippen molar-refractivity contribution in [1.82, 2.24) is 0 Å². The summed E-state index contributed by atoms with van der Waals surface area (Å²) < 4.78 is 22.3. The minimum absolute atomic E-state index is 0.0175. The van der Waals surface area contributed by atoms with Crippen LogP contribution in [-0.4, -0.2) is 26.7 Å². The number of methoxy groups -OCH3 is 2. The first-order valence-electron chi connectivity index (χ1n) is 10.3. The number of benzene rings is 3. The van der Waals surface area contributed by atoms with Crippen molar-refractivity contribution in [3.05, 3.63) is 82.5 Å². The van der Waals surface area contributed by atoms with Crippen LogP contribution < -0.4 is 25.0 Å². The van der Waals surface area contributed by atoms with Crippen LogP contribution in [0.4, 0.5) is 5.69 Å². The average molecular weight is 445 g/mol. The lowest BCUT2D eigenvalue weighted by molar-refractivity contribution is -0.118. The number of ether oxygens (including phenoxy) is 3. The fourth-order valence-corrected chi connectivity index (χ4v) is 3.43. The molecule has 0 atom stereocenters. The second-order valence-electron chi connectivity index (χ2n) is 7.36. The summed E-state index contributed by atoms with van der Waals surface area (Å²) in [5, 5.41) is 3.12. The predicted molar refractivity (Wildman–Crippen MR) is 126 cm³/mol. The second kappa shape index (κ2) is 9.48. The van der Waals surface area contributed by atoms with Crippen molar-refractivity contribution < 1.29 is 23.4 Å². The molecule has 1 amide bonds. The molecule has 4 rings (SSSR count). The molecule has 0 aliphatic heterocycles. The van der Waals surface area contributed by atoms with E-state index in [4.69, 9.17) is 18.6 Å². The van der Waals surface area contributed by atoms with E-state index in [1.807, 2.05) is 43.3 Å². The van der Waals surface area contributed by atoms with Crippen molar-refractivity contribution in [3.63, 3.8) is 0 Å². The first kappa shape index (κ1) is 22.0. The molecule has 33 heavy (non-hydrogen) atoms. The van der Waals surface area contributed by atoms with Crippen molar-refractivity contribution in [3.8, 4) is 28.6 Å². The number of amides is 1. The Kier molecular flexibility index (Phi) is 6.31. The van der Waals surface area contributed by atoms with Crippen LogP contribution >= 0.6 is 0 Å². The van der Waals surface area contributed by atoms with Gasteiger partial charge in [-0.2, -0.15) is 0 Å². The van der Waals surface area contributed by atoms with Crippen LogP contribution in [0.1, 0.15) is 5.56 Å². The summed E-state index contributed by atoms with van der Waals surface area (Å²) in [6, 6.07) is 19.5. The van der Waals surface area contributed by atoms with Crippen molar-refractivity contribution >= 4 is 22.6 Å². The van der Waals surface area contributed by atoms with Gasteiger partial charge in [0.25, 0.3) is 5.91 Å². The highest BCUT2D eigenvalue weighted by atomic mass is 16.5. The van der Waals surface area contributed by atoms with E-state index in [1.165, 1.54) is 7.11 Å². The highest BCUT2D eigenvalue weighted by Crippen LogP contribution is 2.32. The molecule has 0 saturated heterocycles. The summed E-state index contributed by atoms with van der Waals surface area (Å²) in [7, 11) is 3.04. The lowest BCUT2D eigenvalue weighted by Crippen LogP contribution is -2.23. The SMILES string of the molecule is COc1ccc(NC(=O)COc2c(-c3ccccc3)oc3ccc(C)cc3c2=O)c(OC)c1. The molecule has 0 aliphatic rings. The molecule has 7 nitrogen and oxygen atoms in total. The molecule has 0 saturated carbocycles. The van der Waals surface area contributed by atoms with E-state index in [0.29, 0.717) is 33.7 Å². The first-order chi connectivity index (χ1) is 16.0. The molecule has 1 N–H and O–H groups in total. The van der Waals surface area contributed by atoms with Crippen molar-refractivity contribution in [2.45, 2.75) is 6.92 Å². The molecule has 0 radical (unpaired) electrons. The van der Waals surface area contributed by atoms with Crippen LogP contribution in [0.15, 0.2) is 75.9 Å². The lowest BCUT2D eigenvalue weighted by atomic mass is 10.1. The third-order valence-corrected chi connectivity index (χ3v) is 5.07. The van der Waals surface area contributed by atoms with Gasteiger partial charge in [0, 0.05) is 11.6 Å². The van der Waals surface area contributed by atoms with E-state index in [1.54, 1.807) is 37.4 Å². The molecule has 4 aromatic rings. The summed E-state index contributed by atoms with van der Waals surface area (Å²) in [6.07, 6.45) is 0. The number of carbonyl (C=O) groups excluding carboxylic acids is 1. The Hall–Kier alpha value is -4.26. The Morgan fingerprint density at radius 2 is 1.76 bits per heavy atom. The van der Waals surface area contributed by atoms with Crippen LogP contribution in [0.2, 0.25) is 0 Å². The maximum atomic E-state index is 13.3. The van der Waals surface area contributed by atoms with Gasteiger partial charge in [-0.25, -0.2) is 0 Å². The smallest absolute Gasteiger partial charge is 0.262 e. The molecule has 168 valence electrons. The van der Waals surface area contributed by atoms with Crippen molar-refractivity contribution in [2.24, 2.45) is 0 Å². The zero-order valence-electron chi connectivity index (χ0n) is 18.5. The van der Waals surface area contributed by atoms with Crippen LogP contribution in [0, 0.1) is 6.92 Å². The normalized spacial score (nSPS) is 10.6. The van der Waals surface area contributed by atoms with Gasteiger partial charge in [-0.05, 0) is 31.2 Å². The molecule has 1 aromatic heterocycles. The van der Waals surface area contributed by atoms with Crippen molar-refractivity contribution in [1.29, 1.82) is 0 Å². The molecule has 0 aliphatic carbocycles. The zero-order chi connectivity index (χ0) is 23.4. The summed E-state index contributed by atoms with van der Waals surface area (Å²) in [5.74, 6) is 0.829. The maximum Gasteiger partial charge on any atom is 0.262 e. The van der Waals surface area contributed by atoms with Gasteiger partial charge in [0.15, 0.2) is 12.4 Å². The number of aryl methyl sites for hydroxylation is 1. The molecule has 0 unspecified atom stereocenters. The molecule has 0 bridgehead atoms. The first-order valence-corrected chi connectivity index (χ1v) is 10.3.